The van der Waals surface area contributed by atoms with Crippen molar-refractivity contribution in [3.05, 3.63) is 63.6 Å². The quantitative estimate of drug-likeness (QED) is 0.571. The van der Waals surface area contributed by atoms with Gasteiger partial charge in [-0.25, -0.2) is 8.42 Å². The van der Waals surface area contributed by atoms with Crippen molar-refractivity contribution in [3.63, 3.8) is 0 Å². The highest BCUT2D eigenvalue weighted by Gasteiger charge is 2.30. The summed E-state index contributed by atoms with van der Waals surface area (Å²) in [7, 11) is -2.57. The van der Waals surface area contributed by atoms with E-state index in [2.05, 4.69) is 5.32 Å². The highest BCUT2D eigenvalue weighted by atomic mass is 35.5. The van der Waals surface area contributed by atoms with Crippen molar-refractivity contribution in [1.82, 2.24) is 14.5 Å². The molecule has 2 aromatic rings. The number of amides is 2. The number of likely N-dealkylation sites (N-methyl/N-ethyl adjacent to an activating group) is 2. The van der Waals surface area contributed by atoms with Crippen molar-refractivity contribution in [2.24, 2.45) is 0 Å². The Morgan fingerprint density at radius 1 is 1.06 bits per heavy atom. The fourth-order valence-electron chi connectivity index (χ4n) is 3.01. The Kier molecular flexibility index (Phi) is 9.09. The van der Waals surface area contributed by atoms with E-state index in [1.54, 1.807) is 44.2 Å². The van der Waals surface area contributed by atoms with Crippen LogP contribution in [0.5, 0.6) is 0 Å². The second kappa shape index (κ2) is 11.1. The number of hydrogen-bond acceptors (Lipinski definition) is 4. The summed E-state index contributed by atoms with van der Waals surface area (Å²) in [6.45, 7) is 5.08. The van der Waals surface area contributed by atoms with Gasteiger partial charge >= 0.3 is 0 Å². The molecule has 10 heteroatoms. The second-order valence-electron chi connectivity index (χ2n) is 7.37. The number of hydrogen-bond donors (Lipinski definition) is 1. The van der Waals surface area contributed by atoms with Crippen molar-refractivity contribution in [1.29, 1.82) is 0 Å². The van der Waals surface area contributed by atoms with Gasteiger partial charge in [0.1, 0.15) is 6.04 Å². The molecule has 32 heavy (non-hydrogen) atoms. The third kappa shape index (κ3) is 6.22. The van der Waals surface area contributed by atoms with E-state index < -0.39 is 28.5 Å². The van der Waals surface area contributed by atoms with Gasteiger partial charge < -0.3 is 10.2 Å². The van der Waals surface area contributed by atoms with Gasteiger partial charge in [-0.15, -0.1) is 0 Å². The number of benzene rings is 2. The summed E-state index contributed by atoms with van der Waals surface area (Å²) in [6.07, 6.45) is 0. The number of sulfonamides is 1. The highest BCUT2D eigenvalue weighted by molar-refractivity contribution is 7.89. The lowest BCUT2D eigenvalue weighted by Crippen LogP contribution is -2.50. The Morgan fingerprint density at radius 3 is 2.16 bits per heavy atom. The van der Waals surface area contributed by atoms with Gasteiger partial charge in [-0.2, -0.15) is 4.31 Å². The number of carbonyl (C=O) groups excluding carboxylic acids is 2. The average molecular weight is 500 g/mol. The Bertz CT molecular complexity index is 1050. The van der Waals surface area contributed by atoms with Gasteiger partial charge in [0.15, 0.2) is 0 Å². The predicted molar refractivity (Wildman–Crippen MR) is 126 cm³/mol. The molecule has 0 aliphatic carbocycles. The van der Waals surface area contributed by atoms with Crippen LogP contribution in [0.4, 0.5) is 0 Å². The predicted octanol–water partition coefficient (Wildman–Crippen LogP) is 3.48. The van der Waals surface area contributed by atoms with Gasteiger partial charge in [0.2, 0.25) is 21.8 Å². The number of rotatable bonds is 9. The van der Waals surface area contributed by atoms with Gasteiger partial charge in [0.05, 0.1) is 11.4 Å². The molecule has 7 nitrogen and oxygen atoms in total. The first kappa shape index (κ1) is 26.1. The third-order valence-electron chi connectivity index (χ3n) is 5.00. The van der Waals surface area contributed by atoms with Crippen LogP contribution in [0.15, 0.2) is 47.4 Å². The Balaban J connectivity index is 2.32. The highest BCUT2D eigenvalue weighted by Crippen LogP contribution is 2.27. The van der Waals surface area contributed by atoms with Crippen LogP contribution in [-0.4, -0.2) is 55.6 Å². The summed E-state index contributed by atoms with van der Waals surface area (Å²) in [5.74, 6) is -0.925. The summed E-state index contributed by atoms with van der Waals surface area (Å²) in [5.41, 5.74) is 1.39. The fourth-order valence-corrected chi connectivity index (χ4v) is 4.65. The molecule has 2 aromatic carbocycles. The monoisotopic (exact) mass is 499 g/mol. The van der Waals surface area contributed by atoms with Crippen molar-refractivity contribution in [3.8, 4) is 0 Å². The average Bonchev–Trinajstić information content (AvgIpc) is 2.73. The van der Waals surface area contributed by atoms with Gasteiger partial charge in [-0.1, -0.05) is 47.0 Å². The Hall–Kier alpha value is -2.13. The third-order valence-corrected chi connectivity index (χ3v) is 7.52. The molecule has 0 saturated heterocycles. The molecule has 0 bridgehead atoms. The summed E-state index contributed by atoms with van der Waals surface area (Å²) >= 11 is 12.5. The lowest BCUT2D eigenvalue weighted by atomic mass is 10.1. The summed E-state index contributed by atoms with van der Waals surface area (Å²) in [5, 5.41) is 3.37. The van der Waals surface area contributed by atoms with Crippen molar-refractivity contribution < 1.29 is 18.0 Å². The van der Waals surface area contributed by atoms with E-state index in [-0.39, 0.29) is 17.3 Å². The topological polar surface area (TPSA) is 86.8 Å². The molecule has 1 N–H and O–H groups in total. The first-order valence-electron chi connectivity index (χ1n) is 10.0. The second-order valence-corrected chi connectivity index (χ2v) is 10.2. The van der Waals surface area contributed by atoms with Crippen LogP contribution in [0.1, 0.15) is 25.0 Å². The van der Waals surface area contributed by atoms with Crippen LogP contribution >= 0.6 is 23.2 Å². The molecule has 0 radical (unpaired) electrons. The minimum atomic E-state index is -3.90. The zero-order valence-corrected chi connectivity index (χ0v) is 20.8. The number of nitrogens with one attached hydrogen (secondary N) is 1. The number of carbonyl (C=O) groups is 2. The molecule has 0 heterocycles. The molecule has 0 saturated carbocycles. The summed E-state index contributed by atoms with van der Waals surface area (Å²) in [4.78, 5) is 27.1. The van der Waals surface area contributed by atoms with E-state index in [0.717, 1.165) is 9.87 Å². The summed E-state index contributed by atoms with van der Waals surface area (Å²) < 4.78 is 26.8. The number of aryl methyl sites for hydroxylation is 1. The lowest BCUT2D eigenvalue weighted by molar-refractivity contribution is -0.140. The van der Waals surface area contributed by atoms with Crippen LogP contribution in [0.25, 0.3) is 0 Å². The first-order valence-corrected chi connectivity index (χ1v) is 12.2. The molecule has 1 unspecified atom stereocenters. The van der Waals surface area contributed by atoms with E-state index >= 15 is 0 Å². The summed E-state index contributed by atoms with van der Waals surface area (Å²) in [6, 6.07) is 10.4. The van der Waals surface area contributed by atoms with Gasteiger partial charge in [0.25, 0.3) is 0 Å². The molecule has 2 amide bonds. The molecule has 0 fully saturated rings. The molecular formula is C22H27Cl2N3O4S. The maximum Gasteiger partial charge on any atom is 0.243 e. The minimum absolute atomic E-state index is 0.0476. The molecule has 1 atom stereocenters. The molecular weight excluding hydrogens is 473 g/mol. The Morgan fingerprint density at radius 2 is 1.62 bits per heavy atom. The van der Waals surface area contributed by atoms with Gasteiger partial charge in [-0.3, -0.25) is 9.59 Å². The number of halogens is 2. The molecule has 174 valence electrons. The van der Waals surface area contributed by atoms with E-state index in [9.17, 15) is 18.0 Å². The smallest absolute Gasteiger partial charge is 0.243 e. The molecule has 0 aliphatic heterocycles. The fraction of sp³-hybridized carbons (Fsp3) is 0.364. The standard InChI is InChI=1S/C22H27Cl2N3O4S/c1-5-25-22(29)16(3)27(13-18-19(23)7-6-8-20(18)24)21(28)14-26(4)32(30,31)17-11-9-15(2)10-12-17/h6-12,16H,5,13-14H2,1-4H3,(H,25,29). The SMILES string of the molecule is CCNC(=O)C(C)N(Cc1c(Cl)cccc1Cl)C(=O)CN(C)S(=O)(=O)c1ccc(C)cc1. The van der Waals surface area contributed by atoms with Gasteiger partial charge in [-0.05, 0) is 45.0 Å². The zero-order chi connectivity index (χ0) is 24.1. The number of nitrogens with zero attached hydrogens (tertiary/aromatic N) is 2. The van der Waals surface area contributed by atoms with Crippen LogP contribution in [0.2, 0.25) is 10.0 Å². The van der Waals surface area contributed by atoms with E-state index in [1.165, 1.54) is 24.1 Å². The van der Waals surface area contributed by atoms with E-state index in [1.807, 2.05) is 6.92 Å². The minimum Gasteiger partial charge on any atom is -0.355 e. The largest absolute Gasteiger partial charge is 0.355 e. The van der Waals surface area contributed by atoms with Crippen molar-refractivity contribution >= 4 is 45.0 Å². The molecule has 0 aliphatic rings. The maximum absolute atomic E-state index is 13.2. The molecule has 2 rings (SSSR count). The van der Waals surface area contributed by atoms with Crippen molar-refractivity contribution in [2.45, 2.75) is 38.3 Å². The van der Waals surface area contributed by atoms with Crippen LogP contribution in [-0.2, 0) is 26.2 Å². The zero-order valence-electron chi connectivity index (χ0n) is 18.4. The Labute approximate surface area is 199 Å². The lowest BCUT2D eigenvalue weighted by Gasteiger charge is -2.30. The van der Waals surface area contributed by atoms with Gasteiger partial charge in [0, 0.05) is 35.7 Å². The van der Waals surface area contributed by atoms with Crippen LogP contribution in [0, 0.1) is 6.92 Å². The van der Waals surface area contributed by atoms with Crippen LogP contribution in [0.3, 0.4) is 0 Å². The maximum atomic E-state index is 13.2. The van der Waals surface area contributed by atoms with Crippen LogP contribution < -0.4 is 5.32 Å². The normalized spacial score (nSPS) is 12.5. The van der Waals surface area contributed by atoms with Crippen molar-refractivity contribution in [2.75, 3.05) is 20.1 Å². The first-order chi connectivity index (χ1) is 15.0. The molecule has 0 spiro atoms. The van der Waals surface area contributed by atoms with E-state index in [0.29, 0.717) is 22.2 Å². The molecule has 0 aromatic heterocycles. The van der Waals surface area contributed by atoms with E-state index in [4.69, 9.17) is 23.2 Å².